The number of benzene rings is 2. The second-order valence-electron chi connectivity index (χ2n) is 6.99. The van der Waals surface area contributed by atoms with Gasteiger partial charge in [-0.25, -0.2) is 4.79 Å². The van der Waals surface area contributed by atoms with Crippen LogP contribution in [-0.2, 0) is 11.2 Å². The van der Waals surface area contributed by atoms with Gasteiger partial charge in [-0.15, -0.1) is 0 Å². The highest BCUT2D eigenvalue weighted by Gasteiger charge is 2.30. The normalized spacial score (nSPS) is 24.7. The lowest BCUT2D eigenvalue weighted by atomic mass is 10.1. The van der Waals surface area contributed by atoms with E-state index >= 15 is 0 Å². The molecule has 2 aromatic carbocycles. The van der Waals surface area contributed by atoms with Crippen molar-refractivity contribution in [1.29, 1.82) is 0 Å². The number of nitrogens with one attached hydrogen (secondary N) is 1. The van der Waals surface area contributed by atoms with Gasteiger partial charge in [-0.05, 0) is 24.1 Å². The Balaban J connectivity index is 1.33. The second-order valence-corrected chi connectivity index (χ2v) is 6.99. The van der Waals surface area contributed by atoms with Crippen molar-refractivity contribution in [1.82, 2.24) is 10.2 Å². The molecule has 1 fully saturated rings. The zero-order valence-electron chi connectivity index (χ0n) is 14.9. The summed E-state index contributed by atoms with van der Waals surface area (Å²) in [5, 5.41) is 3.03. The maximum absolute atomic E-state index is 12.7. The van der Waals surface area contributed by atoms with Crippen LogP contribution in [0.5, 0.6) is 5.75 Å². The summed E-state index contributed by atoms with van der Waals surface area (Å²) in [4.78, 5) is 14.5. The molecule has 2 amide bonds. The average Bonchev–Trinajstić information content (AvgIpc) is 3.09. The molecule has 0 radical (unpaired) electrons. The van der Waals surface area contributed by atoms with Gasteiger partial charge >= 0.3 is 6.03 Å². The van der Waals surface area contributed by atoms with Crippen LogP contribution in [0.15, 0.2) is 54.6 Å². The molecule has 5 heteroatoms. The van der Waals surface area contributed by atoms with Crippen LogP contribution in [-0.4, -0.2) is 42.8 Å². The predicted octanol–water partition coefficient (Wildman–Crippen LogP) is 3.16. The molecule has 2 aliphatic rings. The van der Waals surface area contributed by atoms with Gasteiger partial charge in [0.1, 0.15) is 18.0 Å². The zero-order valence-corrected chi connectivity index (χ0v) is 14.9. The molecule has 136 valence electrons. The first-order valence-corrected chi connectivity index (χ1v) is 9.17. The van der Waals surface area contributed by atoms with Crippen molar-refractivity contribution in [3.8, 4) is 5.75 Å². The summed E-state index contributed by atoms with van der Waals surface area (Å²) >= 11 is 0. The lowest BCUT2D eigenvalue weighted by Gasteiger charge is -2.37. The molecule has 2 aliphatic heterocycles. The molecule has 0 unspecified atom stereocenters. The molecule has 0 spiro atoms. The summed E-state index contributed by atoms with van der Waals surface area (Å²) in [6.07, 6.45) is 0.756. The maximum Gasteiger partial charge on any atom is 0.317 e. The van der Waals surface area contributed by atoms with Crippen LogP contribution in [0.3, 0.4) is 0 Å². The average molecular weight is 352 g/mol. The standard InChI is InChI=1S/C21H24N2O3/c1-15-13-23(14-20(25-15)16-7-3-2-4-8-16)21(24)22-12-18-11-17-9-5-6-10-19(17)26-18/h2-10,15,18,20H,11-14H2,1H3,(H,22,24)/t15-,18+,20+/m1/s1. The Hall–Kier alpha value is -2.53. The first kappa shape index (κ1) is 16.9. The molecular weight excluding hydrogens is 328 g/mol. The number of urea groups is 1. The molecular formula is C21H24N2O3. The van der Waals surface area contributed by atoms with E-state index in [2.05, 4.69) is 11.4 Å². The molecule has 1 N–H and O–H groups in total. The number of carbonyl (C=O) groups is 1. The Morgan fingerprint density at radius 1 is 1.12 bits per heavy atom. The van der Waals surface area contributed by atoms with E-state index in [1.807, 2.05) is 60.4 Å². The van der Waals surface area contributed by atoms with Crippen LogP contribution in [0.1, 0.15) is 24.2 Å². The van der Waals surface area contributed by atoms with Gasteiger partial charge in [0, 0.05) is 13.0 Å². The smallest absolute Gasteiger partial charge is 0.317 e. The summed E-state index contributed by atoms with van der Waals surface area (Å²) in [5.74, 6) is 0.927. The van der Waals surface area contributed by atoms with E-state index < -0.39 is 0 Å². The molecule has 1 saturated heterocycles. The highest BCUT2D eigenvalue weighted by Crippen LogP contribution is 2.28. The van der Waals surface area contributed by atoms with Gasteiger partial charge in [-0.3, -0.25) is 0 Å². The van der Waals surface area contributed by atoms with E-state index in [4.69, 9.17) is 9.47 Å². The minimum Gasteiger partial charge on any atom is -0.488 e. The Bertz CT molecular complexity index is 740. The number of para-hydroxylation sites is 1. The van der Waals surface area contributed by atoms with E-state index in [0.29, 0.717) is 19.6 Å². The van der Waals surface area contributed by atoms with Crippen molar-refractivity contribution < 1.29 is 14.3 Å². The zero-order chi connectivity index (χ0) is 17.9. The summed E-state index contributed by atoms with van der Waals surface area (Å²) in [6, 6.07) is 18.1. The Kier molecular flexibility index (Phi) is 4.80. The fraction of sp³-hybridized carbons (Fsp3) is 0.381. The van der Waals surface area contributed by atoms with Crippen LogP contribution in [0.4, 0.5) is 4.79 Å². The summed E-state index contributed by atoms with van der Waals surface area (Å²) < 4.78 is 11.9. The minimum absolute atomic E-state index is 0.000246. The molecule has 0 bridgehead atoms. The third kappa shape index (κ3) is 3.68. The van der Waals surface area contributed by atoms with Gasteiger partial charge in [0.25, 0.3) is 0 Å². The van der Waals surface area contributed by atoms with Gasteiger partial charge in [0.05, 0.1) is 19.2 Å². The van der Waals surface area contributed by atoms with Gasteiger partial charge in [0.2, 0.25) is 0 Å². The Morgan fingerprint density at radius 3 is 2.69 bits per heavy atom. The van der Waals surface area contributed by atoms with Gasteiger partial charge in [0.15, 0.2) is 0 Å². The lowest BCUT2D eigenvalue weighted by molar-refractivity contribution is -0.0657. The predicted molar refractivity (Wildman–Crippen MR) is 99.3 cm³/mol. The number of morpholine rings is 1. The van der Waals surface area contributed by atoms with Gasteiger partial charge < -0.3 is 19.7 Å². The number of ether oxygens (including phenoxy) is 2. The summed E-state index contributed by atoms with van der Waals surface area (Å²) in [6.45, 7) is 3.67. The summed E-state index contributed by atoms with van der Waals surface area (Å²) in [7, 11) is 0. The largest absolute Gasteiger partial charge is 0.488 e. The molecule has 0 aromatic heterocycles. The van der Waals surface area contributed by atoms with Crippen molar-refractivity contribution >= 4 is 6.03 Å². The van der Waals surface area contributed by atoms with E-state index in [0.717, 1.165) is 17.7 Å². The number of amides is 2. The van der Waals surface area contributed by atoms with E-state index in [1.165, 1.54) is 5.56 Å². The van der Waals surface area contributed by atoms with Gasteiger partial charge in [-0.2, -0.15) is 0 Å². The quantitative estimate of drug-likeness (QED) is 0.923. The van der Waals surface area contributed by atoms with E-state index in [9.17, 15) is 4.79 Å². The van der Waals surface area contributed by atoms with Gasteiger partial charge in [-0.1, -0.05) is 48.5 Å². The molecule has 2 heterocycles. The maximum atomic E-state index is 12.7. The highest BCUT2D eigenvalue weighted by molar-refractivity contribution is 5.74. The topological polar surface area (TPSA) is 50.8 Å². The van der Waals surface area contributed by atoms with E-state index in [-0.39, 0.29) is 24.3 Å². The van der Waals surface area contributed by atoms with E-state index in [1.54, 1.807) is 0 Å². The molecule has 5 nitrogen and oxygen atoms in total. The van der Waals surface area contributed by atoms with Crippen molar-refractivity contribution in [2.75, 3.05) is 19.6 Å². The minimum atomic E-state index is -0.0855. The Morgan fingerprint density at radius 2 is 1.88 bits per heavy atom. The molecule has 0 saturated carbocycles. The Labute approximate surface area is 153 Å². The van der Waals surface area contributed by atoms with Crippen molar-refractivity contribution in [3.05, 3.63) is 65.7 Å². The van der Waals surface area contributed by atoms with Crippen LogP contribution in [0, 0.1) is 0 Å². The number of hydrogen-bond donors (Lipinski definition) is 1. The third-order valence-electron chi connectivity index (χ3n) is 4.91. The van der Waals surface area contributed by atoms with Crippen LogP contribution in [0.25, 0.3) is 0 Å². The first-order valence-electron chi connectivity index (χ1n) is 9.17. The van der Waals surface area contributed by atoms with Crippen molar-refractivity contribution in [2.45, 2.75) is 31.7 Å². The van der Waals surface area contributed by atoms with Crippen molar-refractivity contribution in [3.63, 3.8) is 0 Å². The molecule has 26 heavy (non-hydrogen) atoms. The summed E-state index contributed by atoms with van der Waals surface area (Å²) in [5.41, 5.74) is 2.31. The molecule has 0 aliphatic carbocycles. The van der Waals surface area contributed by atoms with Crippen LogP contribution < -0.4 is 10.1 Å². The number of nitrogens with zero attached hydrogens (tertiary/aromatic N) is 1. The lowest BCUT2D eigenvalue weighted by Crippen LogP contribution is -2.51. The van der Waals surface area contributed by atoms with Crippen molar-refractivity contribution in [2.24, 2.45) is 0 Å². The molecule has 3 atom stereocenters. The molecule has 4 rings (SSSR count). The third-order valence-corrected chi connectivity index (χ3v) is 4.91. The number of rotatable bonds is 3. The molecule has 2 aromatic rings. The second kappa shape index (κ2) is 7.38. The highest BCUT2D eigenvalue weighted by atomic mass is 16.5. The SMILES string of the molecule is C[C@@H]1CN(C(=O)NC[C@@H]2Cc3ccccc3O2)C[C@@H](c2ccccc2)O1. The van der Waals surface area contributed by atoms with Crippen LogP contribution in [0.2, 0.25) is 0 Å². The van der Waals surface area contributed by atoms with Crippen LogP contribution >= 0.6 is 0 Å². The first-order chi connectivity index (χ1) is 12.7. The monoisotopic (exact) mass is 352 g/mol. The number of fused-ring (bicyclic) bond motifs is 1. The fourth-order valence-corrected chi connectivity index (χ4v) is 3.65. The number of hydrogen-bond acceptors (Lipinski definition) is 3. The fourth-order valence-electron chi connectivity index (χ4n) is 3.65. The number of carbonyl (C=O) groups excluding carboxylic acids is 1.